The molecule has 2 aromatic carbocycles. The van der Waals surface area contributed by atoms with Gasteiger partial charge in [-0.15, -0.1) is 0 Å². The van der Waals surface area contributed by atoms with E-state index in [1.807, 2.05) is 66.5 Å². The van der Waals surface area contributed by atoms with Crippen molar-refractivity contribution in [3.8, 4) is 0 Å². The van der Waals surface area contributed by atoms with E-state index in [1.54, 1.807) is 6.92 Å². The molecule has 2 N–H and O–H groups in total. The molecule has 0 saturated carbocycles. The number of likely N-dealkylation sites (N-methyl/N-ethyl adjacent to an activating group) is 1. The summed E-state index contributed by atoms with van der Waals surface area (Å²) in [7, 11) is 1.81. The van der Waals surface area contributed by atoms with Crippen LogP contribution in [0.15, 0.2) is 54.6 Å². The minimum absolute atomic E-state index is 0.361. The Morgan fingerprint density at radius 3 is 2.40 bits per heavy atom. The van der Waals surface area contributed by atoms with E-state index in [0.717, 1.165) is 11.1 Å². The zero-order valence-electron chi connectivity index (χ0n) is 14.3. The summed E-state index contributed by atoms with van der Waals surface area (Å²) < 4.78 is 0. The van der Waals surface area contributed by atoms with Crippen molar-refractivity contribution < 1.29 is 9.59 Å². The van der Waals surface area contributed by atoms with E-state index in [9.17, 15) is 9.59 Å². The maximum absolute atomic E-state index is 12.2. The quantitative estimate of drug-likeness (QED) is 0.832. The topological polar surface area (TPSA) is 61.4 Å². The highest BCUT2D eigenvalue weighted by molar-refractivity contribution is 6.31. The van der Waals surface area contributed by atoms with E-state index in [0.29, 0.717) is 18.1 Å². The zero-order chi connectivity index (χ0) is 18.2. The third-order valence-electron chi connectivity index (χ3n) is 3.95. The fourth-order valence-electron chi connectivity index (χ4n) is 2.27. The number of halogens is 1. The number of carbonyl (C=O) groups is 2. The number of urea groups is 1. The van der Waals surface area contributed by atoms with Crippen LogP contribution >= 0.6 is 11.6 Å². The third kappa shape index (κ3) is 5.89. The van der Waals surface area contributed by atoms with Crippen LogP contribution in [0.3, 0.4) is 0 Å². The van der Waals surface area contributed by atoms with E-state index in [4.69, 9.17) is 11.6 Å². The summed E-state index contributed by atoms with van der Waals surface area (Å²) in [5.74, 6) is -0.361. The van der Waals surface area contributed by atoms with Gasteiger partial charge in [-0.1, -0.05) is 60.1 Å². The molecule has 2 aromatic rings. The minimum atomic E-state index is -0.508. The van der Waals surface area contributed by atoms with Gasteiger partial charge in [-0.25, -0.2) is 4.79 Å². The molecule has 6 heteroatoms. The molecule has 0 fully saturated rings. The number of hydrogen-bond donors (Lipinski definition) is 2. The molecule has 0 spiro atoms. The molecule has 0 aliphatic rings. The maximum atomic E-state index is 12.2. The van der Waals surface area contributed by atoms with Crippen molar-refractivity contribution in [3.63, 3.8) is 0 Å². The van der Waals surface area contributed by atoms with Crippen molar-refractivity contribution in [1.82, 2.24) is 15.5 Å². The van der Waals surface area contributed by atoms with Crippen LogP contribution in [0.2, 0.25) is 5.02 Å². The summed E-state index contributed by atoms with van der Waals surface area (Å²) in [6, 6.07) is 16.0. The number of rotatable bonds is 6. The van der Waals surface area contributed by atoms with Gasteiger partial charge in [0.2, 0.25) is 5.91 Å². The molecule has 132 valence electrons. The third-order valence-corrected chi connectivity index (χ3v) is 4.32. The smallest absolute Gasteiger partial charge is 0.321 e. The average molecular weight is 360 g/mol. The normalized spacial score (nSPS) is 11.8. The zero-order valence-corrected chi connectivity index (χ0v) is 15.1. The molecule has 1 atom stereocenters. The van der Waals surface area contributed by atoms with Crippen LogP contribution in [-0.4, -0.2) is 29.9 Å². The first-order chi connectivity index (χ1) is 12.0. The molecule has 0 saturated heterocycles. The number of benzene rings is 2. The highest BCUT2D eigenvalue weighted by atomic mass is 35.5. The molecule has 0 aromatic heterocycles. The second kappa shape index (κ2) is 9.20. The van der Waals surface area contributed by atoms with Gasteiger partial charge in [0.1, 0.15) is 0 Å². The fraction of sp³-hybridized carbons (Fsp3) is 0.263. The summed E-state index contributed by atoms with van der Waals surface area (Å²) in [5.41, 5.74) is 1.90. The summed E-state index contributed by atoms with van der Waals surface area (Å²) in [5, 5.41) is 5.69. The highest BCUT2D eigenvalue weighted by Gasteiger charge is 2.20. The second-order valence-electron chi connectivity index (χ2n) is 5.84. The molecule has 0 aliphatic heterocycles. The Labute approximate surface area is 153 Å². The van der Waals surface area contributed by atoms with Crippen molar-refractivity contribution in [2.24, 2.45) is 0 Å². The fourth-order valence-corrected chi connectivity index (χ4v) is 2.47. The molecular formula is C19H22ClN3O2. The lowest BCUT2D eigenvalue weighted by Gasteiger charge is -2.24. The van der Waals surface area contributed by atoms with Gasteiger partial charge in [0.05, 0.1) is 6.04 Å². The van der Waals surface area contributed by atoms with Gasteiger partial charge in [0.15, 0.2) is 0 Å². The van der Waals surface area contributed by atoms with Crippen LogP contribution in [0, 0.1) is 0 Å². The largest absolute Gasteiger partial charge is 0.334 e. The lowest BCUT2D eigenvalue weighted by atomic mass is 10.2. The number of amides is 3. The molecule has 0 radical (unpaired) electrons. The van der Waals surface area contributed by atoms with E-state index >= 15 is 0 Å². The van der Waals surface area contributed by atoms with Crippen LogP contribution < -0.4 is 10.6 Å². The molecule has 25 heavy (non-hydrogen) atoms. The van der Waals surface area contributed by atoms with Crippen LogP contribution in [0.4, 0.5) is 4.79 Å². The van der Waals surface area contributed by atoms with Gasteiger partial charge < -0.3 is 5.32 Å². The van der Waals surface area contributed by atoms with Crippen molar-refractivity contribution in [1.29, 1.82) is 0 Å². The molecule has 2 rings (SSSR count). The number of nitrogens with zero attached hydrogens (tertiary/aromatic N) is 1. The Morgan fingerprint density at radius 2 is 1.72 bits per heavy atom. The number of imide groups is 1. The first-order valence-electron chi connectivity index (χ1n) is 8.03. The first-order valence-corrected chi connectivity index (χ1v) is 8.41. The molecule has 3 amide bonds. The molecule has 0 aliphatic carbocycles. The lowest BCUT2D eigenvalue weighted by Crippen LogP contribution is -2.48. The lowest BCUT2D eigenvalue weighted by molar-refractivity contribution is -0.124. The van der Waals surface area contributed by atoms with Crippen LogP contribution in [0.25, 0.3) is 0 Å². The Bertz CT molecular complexity index is 722. The molecular weight excluding hydrogens is 338 g/mol. The maximum Gasteiger partial charge on any atom is 0.321 e. The van der Waals surface area contributed by atoms with E-state index in [1.165, 1.54) is 0 Å². The van der Waals surface area contributed by atoms with Gasteiger partial charge in [-0.3, -0.25) is 15.0 Å². The SMILES string of the molecule is CC(C(=O)NC(=O)NCc1ccccc1)N(C)Cc1ccccc1Cl. The summed E-state index contributed by atoms with van der Waals surface area (Å²) in [4.78, 5) is 26.0. The number of hydrogen-bond acceptors (Lipinski definition) is 3. The van der Waals surface area contributed by atoms with Crippen LogP contribution in [-0.2, 0) is 17.9 Å². The average Bonchev–Trinajstić information content (AvgIpc) is 2.62. The summed E-state index contributed by atoms with van der Waals surface area (Å²) in [6.07, 6.45) is 0. The van der Waals surface area contributed by atoms with Gasteiger partial charge in [0.25, 0.3) is 0 Å². The minimum Gasteiger partial charge on any atom is -0.334 e. The van der Waals surface area contributed by atoms with Gasteiger partial charge in [0, 0.05) is 18.1 Å². The van der Waals surface area contributed by atoms with Gasteiger partial charge in [-0.05, 0) is 31.2 Å². The Kier molecular flexibility index (Phi) is 6.98. The van der Waals surface area contributed by atoms with Gasteiger partial charge >= 0.3 is 6.03 Å². The molecule has 1 unspecified atom stereocenters. The summed E-state index contributed by atoms with van der Waals surface area (Å²) in [6.45, 7) is 2.63. The van der Waals surface area contributed by atoms with Crippen molar-refractivity contribution in [2.45, 2.75) is 26.1 Å². The predicted octanol–water partition coefficient (Wildman–Crippen LogP) is 3.19. The molecule has 0 bridgehead atoms. The summed E-state index contributed by atoms with van der Waals surface area (Å²) >= 11 is 6.15. The van der Waals surface area contributed by atoms with E-state index < -0.39 is 12.1 Å². The molecule has 0 heterocycles. The van der Waals surface area contributed by atoms with E-state index in [-0.39, 0.29) is 5.91 Å². The standard InChI is InChI=1S/C19H22ClN3O2/c1-14(23(2)13-16-10-6-7-11-17(16)20)18(24)22-19(25)21-12-15-8-4-3-5-9-15/h3-11,14H,12-13H2,1-2H3,(H2,21,22,24,25). The van der Waals surface area contributed by atoms with Crippen molar-refractivity contribution in [3.05, 3.63) is 70.7 Å². The number of nitrogens with one attached hydrogen (secondary N) is 2. The van der Waals surface area contributed by atoms with Crippen LogP contribution in [0.5, 0.6) is 0 Å². The highest BCUT2D eigenvalue weighted by Crippen LogP contribution is 2.17. The monoisotopic (exact) mass is 359 g/mol. The van der Waals surface area contributed by atoms with Crippen molar-refractivity contribution >= 4 is 23.5 Å². The van der Waals surface area contributed by atoms with Crippen LogP contribution in [0.1, 0.15) is 18.1 Å². The molecule has 5 nitrogen and oxygen atoms in total. The predicted molar refractivity (Wildman–Crippen MR) is 99.2 cm³/mol. The Morgan fingerprint density at radius 1 is 1.08 bits per heavy atom. The Balaban J connectivity index is 1.82. The Hall–Kier alpha value is -2.37. The van der Waals surface area contributed by atoms with Gasteiger partial charge in [-0.2, -0.15) is 0 Å². The second-order valence-corrected chi connectivity index (χ2v) is 6.25. The van der Waals surface area contributed by atoms with E-state index in [2.05, 4.69) is 10.6 Å². The first kappa shape index (κ1) is 19.0. The number of carbonyl (C=O) groups excluding carboxylic acids is 2. The van der Waals surface area contributed by atoms with Crippen molar-refractivity contribution in [2.75, 3.05) is 7.05 Å².